The van der Waals surface area contributed by atoms with Crippen molar-refractivity contribution in [2.24, 2.45) is 0 Å². The normalized spacial score (nSPS) is 10.8. The number of hydrogen-bond donors (Lipinski definition) is 1. The van der Waals surface area contributed by atoms with Gasteiger partial charge in [-0.2, -0.15) is 0 Å². The lowest BCUT2D eigenvalue weighted by Gasteiger charge is -2.22. The van der Waals surface area contributed by atoms with Crippen molar-refractivity contribution in [3.63, 3.8) is 0 Å². The van der Waals surface area contributed by atoms with Crippen molar-refractivity contribution in [2.45, 2.75) is 20.4 Å². The van der Waals surface area contributed by atoms with E-state index in [9.17, 15) is 4.79 Å². The fourth-order valence-corrected chi connectivity index (χ4v) is 3.49. The first-order valence-electron chi connectivity index (χ1n) is 10.2. The highest BCUT2D eigenvalue weighted by atomic mass is 16.2. The van der Waals surface area contributed by atoms with Crippen molar-refractivity contribution >= 4 is 22.8 Å². The Balaban J connectivity index is 1.81. The highest BCUT2D eigenvalue weighted by molar-refractivity contribution is 6.07. The zero-order chi connectivity index (χ0) is 21.8. The Morgan fingerprint density at radius 3 is 2.55 bits per heavy atom. The number of carbonyl (C=O) groups is 1. The van der Waals surface area contributed by atoms with Crippen molar-refractivity contribution in [1.82, 2.24) is 24.8 Å². The van der Waals surface area contributed by atoms with E-state index in [0.29, 0.717) is 30.3 Å². The summed E-state index contributed by atoms with van der Waals surface area (Å²) >= 11 is 0. The van der Waals surface area contributed by atoms with Crippen molar-refractivity contribution in [3.8, 4) is 11.3 Å². The summed E-state index contributed by atoms with van der Waals surface area (Å²) in [5.41, 5.74) is 4.69. The van der Waals surface area contributed by atoms with E-state index < -0.39 is 0 Å². The van der Waals surface area contributed by atoms with Gasteiger partial charge >= 0.3 is 0 Å². The Morgan fingerprint density at radius 1 is 1.06 bits per heavy atom. The maximum Gasteiger partial charge on any atom is 0.254 e. The minimum atomic E-state index is -0.0554. The number of fused-ring (bicyclic) bond motifs is 1. The molecule has 0 aliphatic heterocycles. The monoisotopic (exact) mass is 412 g/mol. The molecule has 31 heavy (non-hydrogen) atoms. The van der Waals surface area contributed by atoms with E-state index in [4.69, 9.17) is 4.98 Å². The molecule has 0 radical (unpaired) electrons. The van der Waals surface area contributed by atoms with Gasteiger partial charge in [-0.25, -0.2) is 15.0 Å². The zero-order valence-corrected chi connectivity index (χ0v) is 17.8. The smallest absolute Gasteiger partial charge is 0.254 e. The molecule has 0 bridgehead atoms. The van der Waals surface area contributed by atoms with E-state index in [0.717, 1.165) is 27.7 Å². The molecular weight excluding hydrogens is 388 g/mol. The summed E-state index contributed by atoms with van der Waals surface area (Å²) in [5, 5.41) is 3.74. The van der Waals surface area contributed by atoms with Crippen LogP contribution in [0.15, 0.2) is 61.1 Å². The molecule has 0 unspecified atom stereocenters. The number of nitrogens with one attached hydrogen (secondary N) is 1. The molecule has 4 aromatic rings. The van der Waals surface area contributed by atoms with Crippen LogP contribution in [0.4, 0.5) is 5.95 Å². The maximum absolute atomic E-state index is 13.6. The molecule has 1 amide bonds. The third kappa shape index (κ3) is 4.21. The van der Waals surface area contributed by atoms with Crippen LogP contribution in [0.5, 0.6) is 0 Å². The molecule has 3 heterocycles. The van der Waals surface area contributed by atoms with Gasteiger partial charge < -0.3 is 10.2 Å². The first-order chi connectivity index (χ1) is 15.1. The molecular formula is C24H24N6O. The van der Waals surface area contributed by atoms with Gasteiger partial charge in [-0.15, -0.1) is 0 Å². The quantitative estimate of drug-likeness (QED) is 0.513. The molecule has 1 aromatic carbocycles. The number of anilines is 1. The average molecular weight is 412 g/mol. The molecule has 3 aromatic heterocycles. The number of rotatable bonds is 6. The molecule has 0 saturated heterocycles. The number of amides is 1. The second-order valence-electron chi connectivity index (χ2n) is 7.21. The van der Waals surface area contributed by atoms with Crippen molar-refractivity contribution in [1.29, 1.82) is 0 Å². The highest BCUT2D eigenvalue weighted by Gasteiger charge is 2.20. The number of aromatic nitrogens is 4. The predicted octanol–water partition coefficient (Wildman–Crippen LogP) is 4.10. The SMILES string of the molecule is CCN(Cc1ccccn1)C(=O)c1cc(-c2cnc(NC)nc2)nc2c(C)cccc12. The maximum atomic E-state index is 13.6. The molecule has 7 heteroatoms. The topological polar surface area (TPSA) is 83.9 Å². The summed E-state index contributed by atoms with van der Waals surface area (Å²) in [6.07, 6.45) is 5.17. The Hall–Kier alpha value is -3.87. The highest BCUT2D eigenvalue weighted by Crippen LogP contribution is 2.27. The third-order valence-corrected chi connectivity index (χ3v) is 5.19. The summed E-state index contributed by atoms with van der Waals surface area (Å²) in [6.45, 7) is 4.99. The van der Waals surface area contributed by atoms with Crippen molar-refractivity contribution in [3.05, 3.63) is 77.9 Å². The molecule has 0 aliphatic carbocycles. The summed E-state index contributed by atoms with van der Waals surface area (Å²) in [4.78, 5) is 33.2. The minimum Gasteiger partial charge on any atom is -0.357 e. The molecule has 7 nitrogen and oxygen atoms in total. The summed E-state index contributed by atoms with van der Waals surface area (Å²) in [5.74, 6) is 0.477. The van der Waals surface area contributed by atoms with Gasteiger partial charge in [-0.3, -0.25) is 9.78 Å². The lowest BCUT2D eigenvalue weighted by atomic mass is 10.0. The van der Waals surface area contributed by atoms with Gasteiger partial charge in [0, 0.05) is 43.1 Å². The number of nitrogens with zero attached hydrogens (tertiary/aromatic N) is 5. The van der Waals surface area contributed by atoms with Crippen LogP contribution in [0.1, 0.15) is 28.5 Å². The standard InChI is InChI=1S/C24H24N6O/c1-4-30(15-18-9-5-6-11-26-18)23(31)20-12-21(17-13-27-24(25-3)28-14-17)29-22-16(2)8-7-10-19(20)22/h5-14H,4,15H2,1-3H3,(H,25,27,28). The van der Waals surface area contributed by atoms with E-state index in [-0.39, 0.29) is 5.91 Å². The van der Waals surface area contributed by atoms with Gasteiger partial charge in [0.15, 0.2) is 0 Å². The fourth-order valence-electron chi connectivity index (χ4n) is 3.49. The van der Waals surface area contributed by atoms with E-state index in [1.54, 1.807) is 30.5 Å². The van der Waals surface area contributed by atoms with Gasteiger partial charge in [-0.1, -0.05) is 24.3 Å². The van der Waals surface area contributed by atoms with Crippen LogP contribution in [-0.2, 0) is 6.54 Å². The second-order valence-corrected chi connectivity index (χ2v) is 7.21. The van der Waals surface area contributed by atoms with Gasteiger partial charge in [0.05, 0.1) is 29.0 Å². The first-order valence-corrected chi connectivity index (χ1v) is 10.2. The number of benzene rings is 1. The fraction of sp³-hybridized carbons (Fsp3) is 0.208. The van der Waals surface area contributed by atoms with Crippen LogP contribution in [0.2, 0.25) is 0 Å². The van der Waals surface area contributed by atoms with E-state index in [2.05, 4.69) is 20.3 Å². The molecule has 0 spiro atoms. The van der Waals surface area contributed by atoms with E-state index in [1.807, 2.05) is 56.3 Å². The molecule has 4 rings (SSSR count). The summed E-state index contributed by atoms with van der Waals surface area (Å²) < 4.78 is 0. The molecule has 0 fully saturated rings. The Bertz CT molecular complexity index is 1210. The van der Waals surface area contributed by atoms with Gasteiger partial charge in [0.2, 0.25) is 5.95 Å². The number of para-hydroxylation sites is 1. The zero-order valence-electron chi connectivity index (χ0n) is 17.8. The van der Waals surface area contributed by atoms with Gasteiger partial charge in [-0.05, 0) is 37.6 Å². The molecule has 0 atom stereocenters. The van der Waals surface area contributed by atoms with E-state index in [1.165, 1.54) is 0 Å². The van der Waals surface area contributed by atoms with Gasteiger partial charge in [0.25, 0.3) is 5.91 Å². The molecule has 156 valence electrons. The lowest BCUT2D eigenvalue weighted by molar-refractivity contribution is 0.0752. The van der Waals surface area contributed by atoms with Crippen LogP contribution < -0.4 is 5.32 Å². The van der Waals surface area contributed by atoms with Gasteiger partial charge in [0.1, 0.15) is 0 Å². The van der Waals surface area contributed by atoms with Crippen LogP contribution in [0.3, 0.4) is 0 Å². The van der Waals surface area contributed by atoms with Crippen molar-refractivity contribution in [2.75, 3.05) is 18.9 Å². The van der Waals surface area contributed by atoms with Crippen molar-refractivity contribution < 1.29 is 4.79 Å². The third-order valence-electron chi connectivity index (χ3n) is 5.19. The summed E-state index contributed by atoms with van der Waals surface area (Å²) in [6, 6.07) is 13.5. The average Bonchev–Trinajstić information content (AvgIpc) is 2.82. The molecule has 0 aliphatic rings. The van der Waals surface area contributed by atoms with Crippen LogP contribution in [0, 0.1) is 6.92 Å². The number of carbonyl (C=O) groups excluding carboxylic acids is 1. The Morgan fingerprint density at radius 2 is 1.87 bits per heavy atom. The Labute approximate surface area is 181 Å². The lowest BCUT2D eigenvalue weighted by Crippen LogP contribution is -2.31. The predicted molar refractivity (Wildman–Crippen MR) is 122 cm³/mol. The van der Waals surface area contributed by atoms with E-state index >= 15 is 0 Å². The number of hydrogen-bond acceptors (Lipinski definition) is 6. The second kappa shape index (κ2) is 8.87. The largest absolute Gasteiger partial charge is 0.357 e. The number of aryl methyl sites for hydroxylation is 1. The number of pyridine rings is 2. The molecule has 0 saturated carbocycles. The Kier molecular flexibility index (Phi) is 5.84. The summed E-state index contributed by atoms with van der Waals surface area (Å²) in [7, 11) is 1.77. The minimum absolute atomic E-state index is 0.0554. The first kappa shape index (κ1) is 20.4. The van der Waals surface area contributed by atoms with Crippen LogP contribution in [-0.4, -0.2) is 44.3 Å². The van der Waals surface area contributed by atoms with Crippen LogP contribution in [0.25, 0.3) is 22.2 Å². The molecule has 1 N–H and O–H groups in total. The van der Waals surface area contributed by atoms with Crippen LogP contribution >= 0.6 is 0 Å².